The van der Waals surface area contributed by atoms with Gasteiger partial charge in [-0.3, -0.25) is 0 Å². The monoisotopic (exact) mass is 225 g/mol. The summed E-state index contributed by atoms with van der Waals surface area (Å²) in [5.74, 6) is 0.119. The fourth-order valence-corrected chi connectivity index (χ4v) is 1.87. The molecule has 0 aliphatic rings. The van der Waals surface area contributed by atoms with E-state index in [9.17, 15) is 5.11 Å². The van der Waals surface area contributed by atoms with Crippen molar-refractivity contribution >= 4 is 11.0 Å². The Balaban J connectivity index is 2.24. The molecule has 1 N–H and O–H groups in total. The fourth-order valence-electron chi connectivity index (χ4n) is 1.87. The van der Waals surface area contributed by atoms with E-state index in [1.807, 2.05) is 37.3 Å². The molecule has 0 fully saturated rings. The van der Waals surface area contributed by atoms with Gasteiger partial charge in [-0.2, -0.15) is 0 Å². The highest BCUT2D eigenvalue weighted by Crippen LogP contribution is 2.32. The Morgan fingerprint density at radius 3 is 2.59 bits per heavy atom. The molecular weight excluding hydrogens is 214 g/mol. The molecule has 3 aromatic rings. The van der Waals surface area contributed by atoms with Crippen LogP contribution in [0.15, 0.2) is 47.0 Å². The number of aromatic hydroxyl groups is 1. The van der Waals surface area contributed by atoms with Crippen molar-refractivity contribution in [1.82, 2.24) is 5.16 Å². The van der Waals surface area contributed by atoms with Gasteiger partial charge in [-0.05, 0) is 19.1 Å². The van der Waals surface area contributed by atoms with Crippen molar-refractivity contribution in [3.63, 3.8) is 0 Å². The number of rotatable bonds is 1. The molecule has 0 unspecified atom stereocenters. The molecule has 3 heteroatoms. The summed E-state index contributed by atoms with van der Waals surface area (Å²) in [5, 5.41) is 14.5. The molecule has 0 aliphatic heterocycles. The number of fused-ring (bicyclic) bond motifs is 1. The van der Waals surface area contributed by atoms with Crippen LogP contribution in [0.1, 0.15) is 5.56 Å². The van der Waals surface area contributed by atoms with E-state index in [2.05, 4.69) is 5.16 Å². The molecule has 84 valence electrons. The zero-order valence-corrected chi connectivity index (χ0v) is 9.34. The second kappa shape index (κ2) is 3.63. The van der Waals surface area contributed by atoms with Crippen molar-refractivity contribution in [1.29, 1.82) is 0 Å². The Hall–Kier alpha value is -2.29. The molecule has 0 bridgehead atoms. The highest BCUT2D eigenvalue weighted by Gasteiger charge is 2.12. The van der Waals surface area contributed by atoms with Crippen LogP contribution in [0.3, 0.4) is 0 Å². The molecule has 0 spiro atoms. The zero-order chi connectivity index (χ0) is 11.8. The maximum Gasteiger partial charge on any atom is 0.209 e. The molecule has 0 amide bonds. The topological polar surface area (TPSA) is 46.3 Å². The Kier molecular flexibility index (Phi) is 2.11. The minimum Gasteiger partial charge on any atom is -0.504 e. The Morgan fingerprint density at radius 2 is 1.82 bits per heavy atom. The number of phenolic OH excluding ortho intramolecular Hbond substituents is 1. The van der Waals surface area contributed by atoms with Crippen molar-refractivity contribution in [3.05, 3.63) is 48.0 Å². The Morgan fingerprint density at radius 1 is 1.06 bits per heavy atom. The predicted octanol–water partition coefficient (Wildman–Crippen LogP) is 3.51. The van der Waals surface area contributed by atoms with Crippen molar-refractivity contribution in [2.75, 3.05) is 0 Å². The summed E-state index contributed by atoms with van der Waals surface area (Å²) < 4.78 is 5.16. The fraction of sp³-hybridized carbons (Fsp3) is 0.0714. The van der Waals surface area contributed by atoms with Gasteiger partial charge in [-0.15, -0.1) is 0 Å². The number of para-hydroxylation sites is 1. The standard InChI is InChI=1S/C14H11NO2/c1-9-5-7-10(8-6-9)13-11-3-2-4-12(16)14(11)17-15-13/h2-8,16H,1H3. The van der Waals surface area contributed by atoms with Crippen LogP contribution in [-0.2, 0) is 0 Å². The summed E-state index contributed by atoms with van der Waals surface area (Å²) >= 11 is 0. The number of hydrogen-bond acceptors (Lipinski definition) is 3. The molecule has 0 aliphatic carbocycles. The quantitative estimate of drug-likeness (QED) is 0.689. The number of aryl methyl sites for hydroxylation is 1. The molecule has 2 aromatic carbocycles. The van der Waals surface area contributed by atoms with Crippen LogP contribution >= 0.6 is 0 Å². The van der Waals surface area contributed by atoms with Crippen molar-refractivity contribution < 1.29 is 9.63 Å². The van der Waals surface area contributed by atoms with Gasteiger partial charge in [0.1, 0.15) is 5.69 Å². The number of nitrogens with zero attached hydrogens (tertiary/aromatic N) is 1. The van der Waals surface area contributed by atoms with Gasteiger partial charge in [0.15, 0.2) is 5.75 Å². The number of aromatic nitrogens is 1. The summed E-state index contributed by atoms with van der Waals surface area (Å²) in [6.45, 7) is 2.04. The molecule has 0 radical (unpaired) electrons. The first-order valence-electron chi connectivity index (χ1n) is 5.40. The van der Waals surface area contributed by atoms with Gasteiger partial charge in [-0.1, -0.05) is 41.1 Å². The minimum atomic E-state index is 0.119. The molecular formula is C14H11NO2. The third-order valence-corrected chi connectivity index (χ3v) is 2.80. The highest BCUT2D eigenvalue weighted by atomic mass is 16.5. The molecule has 0 saturated carbocycles. The van der Waals surface area contributed by atoms with E-state index in [0.717, 1.165) is 16.6 Å². The highest BCUT2D eigenvalue weighted by molar-refractivity contribution is 5.94. The van der Waals surface area contributed by atoms with Gasteiger partial charge in [0.25, 0.3) is 0 Å². The second-order valence-corrected chi connectivity index (χ2v) is 4.05. The first-order valence-corrected chi connectivity index (χ1v) is 5.40. The number of hydrogen-bond donors (Lipinski definition) is 1. The summed E-state index contributed by atoms with van der Waals surface area (Å²) in [4.78, 5) is 0. The summed E-state index contributed by atoms with van der Waals surface area (Å²) in [5.41, 5.74) is 3.38. The molecule has 3 nitrogen and oxygen atoms in total. The van der Waals surface area contributed by atoms with E-state index in [0.29, 0.717) is 5.58 Å². The smallest absolute Gasteiger partial charge is 0.209 e. The van der Waals surface area contributed by atoms with E-state index < -0.39 is 0 Å². The van der Waals surface area contributed by atoms with Gasteiger partial charge in [0.05, 0.1) is 5.39 Å². The third kappa shape index (κ3) is 1.56. The van der Waals surface area contributed by atoms with Gasteiger partial charge in [0, 0.05) is 5.56 Å². The second-order valence-electron chi connectivity index (χ2n) is 4.05. The van der Waals surface area contributed by atoms with E-state index in [1.165, 1.54) is 5.56 Å². The average molecular weight is 225 g/mol. The van der Waals surface area contributed by atoms with Crippen LogP contribution in [0.4, 0.5) is 0 Å². The average Bonchev–Trinajstić information content (AvgIpc) is 2.75. The molecule has 17 heavy (non-hydrogen) atoms. The maximum atomic E-state index is 9.64. The first-order chi connectivity index (χ1) is 8.25. The summed E-state index contributed by atoms with van der Waals surface area (Å²) in [6.07, 6.45) is 0. The number of benzene rings is 2. The molecule has 1 aromatic heterocycles. The normalized spacial score (nSPS) is 10.9. The van der Waals surface area contributed by atoms with Crippen LogP contribution in [-0.4, -0.2) is 10.3 Å². The third-order valence-electron chi connectivity index (χ3n) is 2.80. The lowest BCUT2D eigenvalue weighted by atomic mass is 10.1. The van der Waals surface area contributed by atoms with Crippen molar-refractivity contribution in [3.8, 4) is 17.0 Å². The van der Waals surface area contributed by atoms with Gasteiger partial charge in [-0.25, -0.2) is 0 Å². The largest absolute Gasteiger partial charge is 0.504 e. The van der Waals surface area contributed by atoms with Crippen LogP contribution in [0, 0.1) is 6.92 Å². The van der Waals surface area contributed by atoms with Crippen molar-refractivity contribution in [2.24, 2.45) is 0 Å². The molecule has 0 saturated heterocycles. The van der Waals surface area contributed by atoms with Gasteiger partial charge >= 0.3 is 0 Å². The lowest BCUT2D eigenvalue weighted by Crippen LogP contribution is -1.78. The number of phenols is 1. The van der Waals surface area contributed by atoms with Gasteiger partial charge < -0.3 is 9.63 Å². The van der Waals surface area contributed by atoms with Crippen molar-refractivity contribution in [2.45, 2.75) is 6.92 Å². The zero-order valence-electron chi connectivity index (χ0n) is 9.34. The first kappa shape index (κ1) is 9.90. The maximum absolute atomic E-state index is 9.64. The summed E-state index contributed by atoms with van der Waals surface area (Å²) in [6, 6.07) is 13.3. The molecule has 1 heterocycles. The Labute approximate surface area is 98.3 Å². The lowest BCUT2D eigenvalue weighted by molar-refractivity contribution is 0.424. The van der Waals surface area contributed by atoms with Crippen LogP contribution in [0.25, 0.3) is 22.2 Å². The van der Waals surface area contributed by atoms with E-state index in [4.69, 9.17) is 4.52 Å². The predicted molar refractivity (Wildman–Crippen MR) is 65.8 cm³/mol. The Bertz CT molecular complexity index is 668. The summed E-state index contributed by atoms with van der Waals surface area (Å²) in [7, 11) is 0. The SMILES string of the molecule is Cc1ccc(-c2noc3c(O)cccc23)cc1. The van der Waals surface area contributed by atoms with Gasteiger partial charge in [0.2, 0.25) is 5.58 Å². The van der Waals surface area contributed by atoms with Crippen LogP contribution < -0.4 is 0 Å². The van der Waals surface area contributed by atoms with E-state index in [-0.39, 0.29) is 5.75 Å². The lowest BCUT2D eigenvalue weighted by Gasteiger charge is -1.97. The molecule has 3 rings (SSSR count). The van der Waals surface area contributed by atoms with E-state index in [1.54, 1.807) is 12.1 Å². The molecule has 0 atom stereocenters. The van der Waals surface area contributed by atoms with Crippen LogP contribution in [0.5, 0.6) is 5.75 Å². The van der Waals surface area contributed by atoms with Crippen LogP contribution in [0.2, 0.25) is 0 Å². The minimum absolute atomic E-state index is 0.119. The van der Waals surface area contributed by atoms with E-state index >= 15 is 0 Å².